The number of ether oxygens (including phenoxy) is 3. The molecule has 4 aromatic heterocycles. The number of hydrogen-bond acceptors (Lipinski definition) is 9. The molecule has 12 heteroatoms. The van der Waals surface area contributed by atoms with Gasteiger partial charge in [-0.3, -0.25) is 19.1 Å². The lowest BCUT2D eigenvalue weighted by atomic mass is 10.2. The van der Waals surface area contributed by atoms with Gasteiger partial charge >= 0.3 is 0 Å². The number of methoxy groups -OCH3 is 2. The van der Waals surface area contributed by atoms with Gasteiger partial charge < -0.3 is 24.6 Å². The number of hydrogen-bond donors (Lipinski definition) is 2. The fourth-order valence-corrected chi connectivity index (χ4v) is 4.04. The summed E-state index contributed by atoms with van der Waals surface area (Å²) in [6, 6.07) is 12.8. The number of fused-ring (bicyclic) bond motifs is 1. The van der Waals surface area contributed by atoms with Crippen molar-refractivity contribution in [1.82, 2.24) is 19.5 Å². The number of anilines is 1. The zero-order chi connectivity index (χ0) is 28.4. The molecule has 0 fully saturated rings. The molecule has 0 aliphatic heterocycles. The van der Waals surface area contributed by atoms with Crippen LogP contribution in [0.5, 0.6) is 29.0 Å². The molecule has 0 radical (unpaired) electrons. The molecule has 0 unspecified atom stereocenters. The van der Waals surface area contributed by atoms with Crippen molar-refractivity contribution in [1.29, 1.82) is 0 Å². The number of pyridine rings is 4. The van der Waals surface area contributed by atoms with Gasteiger partial charge in [0.05, 0.1) is 25.4 Å². The number of amides is 1. The van der Waals surface area contributed by atoms with Crippen LogP contribution >= 0.6 is 0 Å². The average Bonchev–Trinajstić information content (AvgIpc) is 2.94. The Bertz CT molecular complexity index is 1820. The van der Waals surface area contributed by atoms with E-state index < -0.39 is 17.3 Å². The molecule has 5 aromatic rings. The monoisotopic (exact) mass is 543 g/mol. The second kappa shape index (κ2) is 10.7. The van der Waals surface area contributed by atoms with Crippen molar-refractivity contribution in [2.45, 2.75) is 6.92 Å². The molecule has 202 valence electrons. The standard InChI is InChI=1S/C28H22FN5O6/c1-15-4-6-18(28(37)34(15)17-8-10-31-24(35)13-17)26(36)32-16-5-7-21(19(29)12-16)40-22-9-11-30-20-14-23(38-2)27(39-3)33-25(20)22/h4-14H,1-3H3,(H,31,35)(H,32,36). The molecular weight excluding hydrogens is 521 g/mol. The van der Waals surface area contributed by atoms with Crippen LogP contribution in [0.15, 0.2) is 71.8 Å². The number of halogens is 1. The molecular formula is C28H22FN5O6. The topological polar surface area (TPSA) is 138 Å². The highest BCUT2D eigenvalue weighted by Gasteiger charge is 2.18. The maximum atomic E-state index is 15.1. The van der Waals surface area contributed by atoms with Gasteiger partial charge in [-0.1, -0.05) is 0 Å². The third-order valence-corrected chi connectivity index (χ3v) is 5.94. The second-order valence-corrected chi connectivity index (χ2v) is 8.48. The molecule has 0 aliphatic rings. The lowest BCUT2D eigenvalue weighted by Crippen LogP contribution is -2.29. The third-order valence-electron chi connectivity index (χ3n) is 5.94. The van der Waals surface area contributed by atoms with Crippen molar-refractivity contribution in [2.75, 3.05) is 19.5 Å². The van der Waals surface area contributed by atoms with Crippen LogP contribution < -0.4 is 25.1 Å². The lowest BCUT2D eigenvalue weighted by Gasteiger charge is -2.13. The van der Waals surface area contributed by atoms with Crippen molar-refractivity contribution in [3.8, 4) is 34.7 Å². The van der Waals surface area contributed by atoms with Gasteiger partial charge in [-0.25, -0.2) is 14.4 Å². The Morgan fingerprint density at radius 3 is 2.48 bits per heavy atom. The summed E-state index contributed by atoms with van der Waals surface area (Å²) in [5.74, 6) is -1.09. The van der Waals surface area contributed by atoms with Gasteiger partial charge in [0, 0.05) is 48.0 Å². The van der Waals surface area contributed by atoms with Crippen molar-refractivity contribution >= 4 is 22.6 Å². The summed E-state index contributed by atoms with van der Waals surface area (Å²) in [4.78, 5) is 38.4. The van der Waals surface area contributed by atoms with E-state index in [-0.39, 0.29) is 34.5 Å². The Kier molecular flexibility index (Phi) is 6.98. The van der Waals surface area contributed by atoms with Crippen LogP contribution in [0.25, 0.3) is 16.7 Å². The number of carbonyl (C=O) groups excluding carboxylic acids is 1. The van der Waals surface area contributed by atoms with Crippen molar-refractivity contribution in [3.63, 3.8) is 0 Å². The van der Waals surface area contributed by atoms with Crippen LogP contribution in [-0.4, -0.2) is 44.8 Å². The number of benzene rings is 1. The first kappa shape index (κ1) is 26.1. The van der Waals surface area contributed by atoms with E-state index in [0.29, 0.717) is 28.2 Å². The molecule has 1 aromatic carbocycles. The number of carbonyl (C=O) groups is 1. The lowest BCUT2D eigenvalue weighted by molar-refractivity contribution is 0.102. The molecule has 1 amide bonds. The smallest absolute Gasteiger partial charge is 0.268 e. The maximum Gasteiger partial charge on any atom is 0.268 e. The van der Waals surface area contributed by atoms with E-state index in [0.717, 1.165) is 6.07 Å². The first-order valence-electron chi connectivity index (χ1n) is 11.8. The predicted molar refractivity (Wildman–Crippen MR) is 143 cm³/mol. The first-order chi connectivity index (χ1) is 19.3. The molecule has 2 N–H and O–H groups in total. The molecule has 0 saturated carbocycles. The number of rotatable bonds is 7. The molecule has 0 atom stereocenters. The summed E-state index contributed by atoms with van der Waals surface area (Å²) < 4.78 is 32.6. The second-order valence-electron chi connectivity index (χ2n) is 8.48. The van der Waals surface area contributed by atoms with Crippen LogP contribution in [0.2, 0.25) is 0 Å². The fourth-order valence-electron chi connectivity index (χ4n) is 4.04. The minimum absolute atomic E-state index is 0.104. The number of aromatic hydroxyl groups is 1. The minimum Gasteiger partial charge on any atom is -0.493 e. The quantitative estimate of drug-likeness (QED) is 0.306. The Morgan fingerprint density at radius 2 is 1.75 bits per heavy atom. The van der Waals surface area contributed by atoms with Crippen molar-refractivity contribution in [2.24, 2.45) is 0 Å². The summed E-state index contributed by atoms with van der Waals surface area (Å²) in [5.41, 5.74) is 0.960. The van der Waals surface area contributed by atoms with E-state index >= 15 is 4.39 Å². The largest absolute Gasteiger partial charge is 0.493 e. The van der Waals surface area contributed by atoms with Gasteiger partial charge in [0.1, 0.15) is 11.1 Å². The normalized spacial score (nSPS) is 10.8. The Labute approximate surface area is 226 Å². The van der Waals surface area contributed by atoms with Gasteiger partial charge in [-0.05, 0) is 37.3 Å². The SMILES string of the molecule is COc1cc2nccc(Oc3ccc(NC(=O)c4ccc(C)n(-c5ccnc(O)c5)c4=O)cc3F)c2nc1OC. The molecule has 5 rings (SSSR count). The molecule has 40 heavy (non-hydrogen) atoms. The molecule has 0 aliphatic carbocycles. The maximum absolute atomic E-state index is 15.1. The zero-order valence-corrected chi connectivity index (χ0v) is 21.5. The summed E-state index contributed by atoms with van der Waals surface area (Å²) in [7, 11) is 2.92. The van der Waals surface area contributed by atoms with Gasteiger partial charge in [0.2, 0.25) is 5.88 Å². The third kappa shape index (κ3) is 4.97. The van der Waals surface area contributed by atoms with Crippen LogP contribution in [0.4, 0.5) is 10.1 Å². The molecule has 4 heterocycles. The summed E-state index contributed by atoms with van der Waals surface area (Å²) in [5, 5.41) is 12.2. The van der Waals surface area contributed by atoms with Crippen molar-refractivity contribution in [3.05, 3.63) is 94.4 Å². The van der Waals surface area contributed by atoms with Crippen molar-refractivity contribution < 1.29 is 28.5 Å². The highest BCUT2D eigenvalue weighted by atomic mass is 19.1. The fraction of sp³-hybridized carbons (Fsp3) is 0.107. The zero-order valence-electron chi connectivity index (χ0n) is 21.5. The Hall–Kier alpha value is -5.52. The van der Waals surface area contributed by atoms with Crippen LogP contribution in [0.1, 0.15) is 16.1 Å². The van der Waals surface area contributed by atoms with Crippen LogP contribution in [-0.2, 0) is 0 Å². The number of aryl methyl sites for hydroxylation is 1. The molecule has 0 saturated heterocycles. The molecule has 11 nitrogen and oxygen atoms in total. The summed E-state index contributed by atoms with van der Waals surface area (Å²) in [6.45, 7) is 1.68. The average molecular weight is 544 g/mol. The molecule has 0 spiro atoms. The predicted octanol–water partition coefficient (Wildman–Crippen LogP) is 4.39. The number of nitrogens with zero attached hydrogens (tertiary/aromatic N) is 4. The number of nitrogens with one attached hydrogen (secondary N) is 1. The van der Waals surface area contributed by atoms with E-state index in [2.05, 4.69) is 20.3 Å². The first-order valence-corrected chi connectivity index (χ1v) is 11.8. The van der Waals surface area contributed by atoms with E-state index in [9.17, 15) is 14.7 Å². The van der Waals surface area contributed by atoms with Gasteiger partial charge in [-0.2, -0.15) is 0 Å². The summed E-state index contributed by atoms with van der Waals surface area (Å²) in [6.07, 6.45) is 2.83. The van der Waals surface area contributed by atoms with Gasteiger partial charge in [0.15, 0.2) is 23.1 Å². The van der Waals surface area contributed by atoms with Gasteiger partial charge in [-0.15, -0.1) is 0 Å². The van der Waals surface area contributed by atoms with Gasteiger partial charge in [0.25, 0.3) is 17.3 Å². The van der Waals surface area contributed by atoms with Crippen LogP contribution in [0, 0.1) is 12.7 Å². The number of aromatic nitrogens is 4. The van der Waals surface area contributed by atoms with Crippen LogP contribution in [0.3, 0.4) is 0 Å². The highest BCUT2D eigenvalue weighted by molar-refractivity contribution is 6.04. The Morgan fingerprint density at radius 1 is 0.950 bits per heavy atom. The van der Waals surface area contributed by atoms with E-state index in [1.807, 2.05) is 0 Å². The highest BCUT2D eigenvalue weighted by Crippen LogP contribution is 2.35. The Balaban J connectivity index is 1.40. The summed E-state index contributed by atoms with van der Waals surface area (Å²) >= 11 is 0. The van der Waals surface area contributed by atoms with E-state index in [4.69, 9.17) is 14.2 Å². The minimum atomic E-state index is -0.767. The van der Waals surface area contributed by atoms with E-state index in [1.165, 1.54) is 67.6 Å². The van der Waals surface area contributed by atoms with E-state index in [1.54, 1.807) is 19.1 Å². The molecule has 0 bridgehead atoms.